The molecule has 0 aromatic carbocycles. The molecule has 1 heterocycles. The van der Waals surface area contributed by atoms with Crippen molar-refractivity contribution in [1.29, 1.82) is 0 Å². The van der Waals surface area contributed by atoms with Crippen LogP contribution in [0.1, 0.15) is 40.0 Å². The Balaban J connectivity index is 2.18. The van der Waals surface area contributed by atoms with E-state index in [4.69, 9.17) is 5.11 Å². The quantitative estimate of drug-likeness (QED) is 0.758. The minimum Gasteiger partial charge on any atom is -0.396 e. The Labute approximate surface area is 94.7 Å². The van der Waals surface area contributed by atoms with Gasteiger partial charge in [-0.05, 0) is 50.1 Å². The van der Waals surface area contributed by atoms with Gasteiger partial charge in [0, 0.05) is 13.2 Å². The van der Waals surface area contributed by atoms with Crippen LogP contribution in [0.25, 0.3) is 0 Å². The van der Waals surface area contributed by atoms with E-state index in [2.05, 4.69) is 25.7 Å². The number of aliphatic hydroxyl groups excluding tert-OH is 1. The summed E-state index contributed by atoms with van der Waals surface area (Å²) in [6.07, 6.45) is 3.88. The first-order valence-electron chi connectivity index (χ1n) is 6.45. The fraction of sp³-hybridized carbons (Fsp3) is 1.00. The van der Waals surface area contributed by atoms with Crippen molar-refractivity contribution >= 4 is 0 Å². The number of likely N-dealkylation sites (tertiary alicyclic amines) is 1. The third kappa shape index (κ3) is 4.98. The molecule has 2 heteroatoms. The van der Waals surface area contributed by atoms with Gasteiger partial charge in [0.15, 0.2) is 0 Å². The van der Waals surface area contributed by atoms with Crippen molar-refractivity contribution < 1.29 is 5.11 Å². The molecule has 1 aliphatic rings. The summed E-state index contributed by atoms with van der Waals surface area (Å²) in [4.78, 5) is 2.59. The van der Waals surface area contributed by atoms with E-state index in [0.29, 0.717) is 12.5 Å². The second-order valence-corrected chi connectivity index (χ2v) is 5.66. The molecular formula is C13H27NO. The first-order valence-corrected chi connectivity index (χ1v) is 6.45. The highest BCUT2D eigenvalue weighted by Crippen LogP contribution is 2.24. The fourth-order valence-corrected chi connectivity index (χ4v) is 2.56. The molecular weight excluding hydrogens is 186 g/mol. The molecule has 0 bridgehead atoms. The number of aliphatic hydroxyl groups is 1. The molecule has 0 radical (unpaired) electrons. The molecule has 1 atom stereocenters. The molecule has 1 rings (SSSR count). The SMILES string of the molecule is CC(C)CN1CCC(CC(C)CO)CC1. The van der Waals surface area contributed by atoms with Crippen molar-refractivity contribution in [3.63, 3.8) is 0 Å². The average Bonchev–Trinajstić information content (AvgIpc) is 2.20. The Morgan fingerprint density at radius 3 is 2.27 bits per heavy atom. The number of nitrogens with zero attached hydrogens (tertiary/aromatic N) is 1. The van der Waals surface area contributed by atoms with Gasteiger partial charge < -0.3 is 10.0 Å². The molecule has 1 fully saturated rings. The fourth-order valence-electron chi connectivity index (χ4n) is 2.56. The highest BCUT2D eigenvalue weighted by Gasteiger charge is 2.20. The summed E-state index contributed by atoms with van der Waals surface area (Å²) in [6, 6.07) is 0. The van der Waals surface area contributed by atoms with Crippen LogP contribution in [0.2, 0.25) is 0 Å². The molecule has 15 heavy (non-hydrogen) atoms. The maximum atomic E-state index is 9.03. The lowest BCUT2D eigenvalue weighted by molar-refractivity contribution is 0.140. The smallest absolute Gasteiger partial charge is 0.0456 e. The first-order chi connectivity index (χ1) is 7.11. The van der Waals surface area contributed by atoms with E-state index in [-0.39, 0.29) is 0 Å². The summed E-state index contributed by atoms with van der Waals surface area (Å²) >= 11 is 0. The first kappa shape index (κ1) is 13.0. The maximum absolute atomic E-state index is 9.03. The molecule has 2 nitrogen and oxygen atoms in total. The van der Waals surface area contributed by atoms with E-state index in [0.717, 1.165) is 11.8 Å². The number of hydrogen-bond donors (Lipinski definition) is 1. The molecule has 0 aliphatic carbocycles. The van der Waals surface area contributed by atoms with Gasteiger partial charge >= 0.3 is 0 Å². The van der Waals surface area contributed by atoms with Crippen LogP contribution in [0.4, 0.5) is 0 Å². The van der Waals surface area contributed by atoms with Crippen LogP contribution in [0.3, 0.4) is 0 Å². The summed E-state index contributed by atoms with van der Waals surface area (Å²) in [5.74, 6) is 2.14. The van der Waals surface area contributed by atoms with Gasteiger partial charge in [-0.3, -0.25) is 0 Å². The minimum atomic E-state index is 0.353. The highest BCUT2D eigenvalue weighted by atomic mass is 16.3. The Morgan fingerprint density at radius 2 is 1.80 bits per heavy atom. The van der Waals surface area contributed by atoms with Crippen LogP contribution < -0.4 is 0 Å². The molecule has 0 aromatic heterocycles. The summed E-state index contributed by atoms with van der Waals surface area (Å²) < 4.78 is 0. The molecule has 1 unspecified atom stereocenters. The third-order valence-electron chi connectivity index (χ3n) is 3.38. The molecule has 1 saturated heterocycles. The summed E-state index contributed by atoms with van der Waals surface area (Å²) in [6.45, 7) is 10.9. The zero-order chi connectivity index (χ0) is 11.3. The standard InChI is InChI=1S/C13H27NO/c1-11(2)9-14-6-4-13(5-7-14)8-12(3)10-15/h11-13,15H,4-10H2,1-3H3. The van der Waals surface area contributed by atoms with Crippen molar-refractivity contribution in [3.05, 3.63) is 0 Å². The van der Waals surface area contributed by atoms with E-state index >= 15 is 0 Å². The molecule has 0 saturated carbocycles. The summed E-state index contributed by atoms with van der Waals surface area (Å²) in [5.41, 5.74) is 0. The molecule has 90 valence electrons. The van der Waals surface area contributed by atoms with Crippen LogP contribution in [0, 0.1) is 17.8 Å². The Hall–Kier alpha value is -0.0800. The lowest BCUT2D eigenvalue weighted by Crippen LogP contribution is -2.36. The van der Waals surface area contributed by atoms with Crippen LogP contribution in [-0.4, -0.2) is 36.2 Å². The molecule has 0 aromatic rings. The van der Waals surface area contributed by atoms with Gasteiger partial charge in [-0.15, -0.1) is 0 Å². The van der Waals surface area contributed by atoms with Gasteiger partial charge in [0.25, 0.3) is 0 Å². The van der Waals surface area contributed by atoms with Gasteiger partial charge in [-0.25, -0.2) is 0 Å². The summed E-state index contributed by atoms with van der Waals surface area (Å²) in [5, 5.41) is 9.03. The molecule has 0 amide bonds. The summed E-state index contributed by atoms with van der Waals surface area (Å²) in [7, 11) is 0. The van der Waals surface area contributed by atoms with Crippen molar-refractivity contribution in [3.8, 4) is 0 Å². The number of hydrogen-bond acceptors (Lipinski definition) is 2. The maximum Gasteiger partial charge on any atom is 0.0456 e. The van der Waals surface area contributed by atoms with Gasteiger partial charge in [0.05, 0.1) is 0 Å². The van der Waals surface area contributed by atoms with Crippen molar-refractivity contribution in [2.45, 2.75) is 40.0 Å². The van der Waals surface area contributed by atoms with E-state index in [9.17, 15) is 0 Å². The Kier molecular flexibility index (Phi) is 5.62. The monoisotopic (exact) mass is 213 g/mol. The predicted molar refractivity (Wildman–Crippen MR) is 64.9 cm³/mol. The van der Waals surface area contributed by atoms with Crippen LogP contribution in [-0.2, 0) is 0 Å². The lowest BCUT2D eigenvalue weighted by atomic mass is 9.88. The van der Waals surface area contributed by atoms with Crippen LogP contribution in [0.5, 0.6) is 0 Å². The molecule has 0 spiro atoms. The Bertz CT molecular complexity index is 162. The largest absolute Gasteiger partial charge is 0.396 e. The zero-order valence-electron chi connectivity index (χ0n) is 10.6. The average molecular weight is 213 g/mol. The minimum absolute atomic E-state index is 0.353. The second kappa shape index (κ2) is 6.49. The van der Waals surface area contributed by atoms with E-state index in [1.807, 2.05) is 0 Å². The van der Waals surface area contributed by atoms with E-state index < -0.39 is 0 Å². The molecule has 1 aliphatic heterocycles. The number of rotatable bonds is 5. The van der Waals surface area contributed by atoms with Crippen molar-refractivity contribution in [1.82, 2.24) is 4.90 Å². The van der Waals surface area contributed by atoms with E-state index in [1.54, 1.807) is 0 Å². The van der Waals surface area contributed by atoms with Crippen LogP contribution >= 0.6 is 0 Å². The van der Waals surface area contributed by atoms with Gasteiger partial charge in [-0.2, -0.15) is 0 Å². The van der Waals surface area contributed by atoms with Gasteiger partial charge in [0.1, 0.15) is 0 Å². The van der Waals surface area contributed by atoms with Crippen molar-refractivity contribution in [2.24, 2.45) is 17.8 Å². The van der Waals surface area contributed by atoms with Gasteiger partial charge in [-0.1, -0.05) is 20.8 Å². The predicted octanol–water partition coefficient (Wildman–Crippen LogP) is 2.37. The lowest BCUT2D eigenvalue weighted by Gasteiger charge is -2.33. The normalized spacial score (nSPS) is 22.2. The van der Waals surface area contributed by atoms with Crippen LogP contribution in [0.15, 0.2) is 0 Å². The highest BCUT2D eigenvalue weighted by molar-refractivity contribution is 4.74. The zero-order valence-corrected chi connectivity index (χ0v) is 10.6. The Morgan fingerprint density at radius 1 is 1.20 bits per heavy atom. The topological polar surface area (TPSA) is 23.5 Å². The number of piperidine rings is 1. The van der Waals surface area contributed by atoms with Gasteiger partial charge in [0.2, 0.25) is 0 Å². The van der Waals surface area contributed by atoms with Crippen molar-refractivity contribution in [2.75, 3.05) is 26.2 Å². The second-order valence-electron chi connectivity index (χ2n) is 5.66. The third-order valence-corrected chi connectivity index (χ3v) is 3.38. The molecule has 1 N–H and O–H groups in total. The van der Waals surface area contributed by atoms with E-state index in [1.165, 1.54) is 38.9 Å².